The minimum absolute atomic E-state index is 0. The highest BCUT2D eigenvalue weighted by Crippen LogP contribution is 2.37. The lowest BCUT2D eigenvalue weighted by Gasteiger charge is -2.25. The molecule has 4 nitrogen and oxygen atoms in total. The lowest BCUT2D eigenvalue weighted by atomic mass is 10.0. The topological polar surface area (TPSA) is 68.0 Å². The maximum absolute atomic E-state index is 13.8. The van der Waals surface area contributed by atoms with E-state index in [1.54, 1.807) is 11.4 Å². The van der Waals surface area contributed by atoms with Crippen LogP contribution < -0.4 is 11.1 Å². The zero-order valence-electron chi connectivity index (χ0n) is 11.5. The van der Waals surface area contributed by atoms with E-state index in [0.29, 0.717) is 17.1 Å². The molecule has 1 aromatic carbocycles. The molecule has 1 aliphatic rings. The summed E-state index contributed by atoms with van der Waals surface area (Å²) in [7, 11) is 0. The summed E-state index contributed by atoms with van der Waals surface area (Å²) in [5.41, 5.74) is 6.71. The number of nitrogens with zero attached hydrogens (tertiary/aromatic N) is 1. The summed E-state index contributed by atoms with van der Waals surface area (Å²) in [5.74, 6) is 0.317. The van der Waals surface area contributed by atoms with Crippen molar-refractivity contribution in [2.45, 2.75) is 23.9 Å². The van der Waals surface area contributed by atoms with Gasteiger partial charge in [0.25, 0.3) is 5.91 Å². The molecule has 0 aliphatic carbocycles. The molecule has 0 spiro atoms. The minimum Gasteiger partial charge on any atom is -0.344 e. The van der Waals surface area contributed by atoms with Crippen molar-refractivity contribution in [1.82, 2.24) is 10.3 Å². The predicted molar refractivity (Wildman–Crippen MR) is 89.2 cm³/mol. The maximum atomic E-state index is 13.8. The summed E-state index contributed by atoms with van der Waals surface area (Å²) in [5, 5.41) is 5.36. The second-order valence-electron chi connectivity index (χ2n) is 4.65. The average Bonchev–Trinajstić information content (AvgIpc) is 2.97. The van der Waals surface area contributed by atoms with E-state index in [0.717, 1.165) is 22.7 Å². The van der Waals surface area contributed by atoms with Gasteiger partial charge in [-0.05, 0) is 18.1 Å². The fraction of sp³-hybridized carbons (Fsp3) is 0.286. The molecule has 22 heavy (non-hydrogen) atoms. The van der Waals surface area contributed by atoms with E-state index >= 15 is 0 Å². The van der Waals surface area contributed by atoms with Crippen LogP contribution in [-0.2, 0) is 6.54 Å². The van der Waals surface area contributed by atoms with Crippen molar-refractivity contribution in [3.8, 4) is 0 Å². The van der Waals surface area contributed by atoms with Gasteiger partial charge >= 0.3 is 0 Å². The summed E-state index contributed by atoms with van der Waals surface area (Å²) in [6, 6.07) is 4.81. The molecule has 1 aliphatic heterocycles. The number of carbonyl (C=O) groups is 1. The molecule has 3 N–H and O–H groups in total. The molecule has 1 amide bonds. The third-order valence-electron chi connectivity index (χ3n) is 3.29. The van der Waals surface area contributed by atoms with Crippen LogP contribution in [0.25, 0.3) is 0 Å². The van der Waals surface area contributed by atoms with Gasteiger partial charge in [0.1, 0.15) is 16.5 Å². The Kier molecular flexibility index (Phi) is 5.80. The third-order valence-corrected chi connectivity index (χ3v) is 5.32. The number of amides is 1. The average molecular weight is 360 g/mol. The Balaban J connectivity index is 0.00000176. The van der Waals surface area contributed by atoms with Crippen LogP contribution in [0.15, 0.2) is 28.5 Å². The zero-order chi connectivity index (χ0) is 14.8. The fourth-order valence-corrected chi connectivity index (χ4v) is 4.07. The normalized spacial score (nSPS) is 16.5. The highest BCUT2D eigenvalue weighted by molar-refractivity contribution is 7.99. The summed E-state index contributed by atoms with van der Waals surface area (Å²) in [6.45, 7) is 0.325. The molecule has 0 saturated heterocycles. The van der Waals surface area contributed by atoms with E-state index in [1.807, 2.05) is 6.07 Å². The molecule has 0 fully saturated rings. The van der Waals surface area contributed by atoms with Gasteiger partial charge in [0.15, 0.2) is 0 Å². The van der Waals surface area contributed by atoms with Crippen LogP contribution in [0, 0.1) is 5.82 Å². The summed E-state index contributed by atoms with van der Waals surface area (Å²) in [4.78, 5) is 17.0. The predicted octanol–water partition coefficient (Wildman–Crippen LogP) is 3.13. The Morgan fingerprint density at radius 3 is 3.05 bits per heavy atom. The summed E-state index contributed by atoms with van der Waals surface area (Å²) in [6.07, 6.45) is 0.779. The van der Waals surface area contributed by atoms with Crippen molar-refractivity contribution in [2.75, 3.05) is 5.75 Å². The highest BCUT2D eigenvalue weighted by atomic mass is 35.5. The smallest absolute Gasteiger partial charge is 0.271 e. The number of thioether (sulfide) groups is 1. The number of benzene rings is 1. The van der Waals surface area contributed by atoms with Crippen LogP contribution in [0.4, 0.5) is 4.39 Å². The van der Waals surface area contributed by atoms with Gasteiger partial charge in [-0.25, -0.2) is 9.37 Å². The first kappa shape index (κ1) is 17.2. The molecule has 0 radical (unpaired) electrons. The van der Waals surface area contributed by atoms with Gasteiger partial charge in [0.05, 0.1) is 6.04 Å². The molecular formula is C14H15ClFN3OS2. The van der Waals surface area contributed by atoms with Gasteiger partial charge in [-0.2, -0.15) is 0 Å². The number of aromatic nitrogens is 1. The summed E-state index contributed by atoms with van der Waals surface area (Å²) >= 11 is 2.86. The van der Waals surface area contributed by atoms with Crippen LogP contribution in [0.5, 0.6) is 0 Å². The lowest BCUT2D eigenvalue weighted by Crippen LogP contribution is -2.31. The standard InChI is InChI=1S/C14H14FN3OS2.ClH/c15-9-3-1-2-8-10(4-5-20-13(8)9)18-14(19)11-7-21-12(6-16)17-11;/h1-3,7,10H,4-6,16H2,(H,18,19);1H. The molecule has 118 valence electrons. The van der Waals surface area contributed by atoms with Crippen LogP contribution in [0.3, 0.4) is 0 Å². The Bertz CT molecular complexity index is 680. The van der Waals surface area contributed by atoms with E-state index in [4.69, 9.17) is 5.73 Å². The zero-order valence-corrected chi connectivity index (χ0v) is 14.0. The number of hydrogen-bond acceptors (Lipinski definition) is 5. The van der Waals surface area contributed by atoms with E-state index < -0.39 is 0 Å². The largest absolute Gasteiger partial charge is 0.344 e. The van der Waals surface area contributed by atoms with Gasteiger partial charge in [-0.3, -0.25) is 4.79 Å². The van der Waals surface area contributed by atoms with E-state index in [2.05, 4.69) is 10.3 Å². The molecule has 0 saturated carbocycles. The SMILES string of the molecule is Cl.NCc1nc(C(=O)NC2CCSc3c(F)cccc32)cs1. The number of fused-ring (bicyclic) bond motifs is 1. The van der Waals surface area contributed by atoms with Crippen molar-refractivity contribution in [2.24, 2.45) is 5.73 Å². The Morgan fingerprint density at radius 2 is 2.32 bits per heavy atom. The molecule has 1 aromatic heterocycles. The number of hydrogen-bond donors (Lipinski definition) is 2. The van der Waals surface area contributed by atoms with Crippen LogP contribution in [0.2, 0.25) is 0 Å². The van der Waals surface area contributed by atoms with E-state index in [-0.39, 0.29) is 30.2 Å². The number of rotatable bonds is 3. The second-order valence-corrected chi connectivity index (χ2v) is 6.70. The van der Waals surface area contributed by atoms with Gasteiger partial charge < -0.3 is 11.1 Å². The van der Waals surface area contributed by atoms with Crippen LogP contribution in [-0.4, -0.2) is 16.6 Å². The summed E-state index contributed by atoms with van der Waals surface area (Å²) < 4.78 is 13.8. The van der Waals surface area contributed by atoms with Crippen molar-refractivity contribution < 1.29 is 9.18 Å². The number of nitrogens with one attached hydrogen (secondary N) is 1. The van der Waals surface area contributed by atoms with Gasteiger partial charge in [0, 0.05) is 22.6 Å². The lowest BCUT2D eigenvalue weighted by molar-refractivity contribution is 0.0930. The quantitative estimate of drug-likeness (QED) is 0.883. The Morgan fingerprint density at radius 1 is 1.50 bits per heavy atom. The van der Waals surface area contributed by atoms with Crippen molar-refractivity contribution in [3.63, 3.8) is 0 Å². The second kappa shape index (κ2) is 7.41. The van der Waals surface area contributed by atoms with E-state index in [1.165, 1.54) is 29.2 Å². The number of halogens is 2. The molecule has 2 heterocycles. The van der Waals surface area contributed by atoms with Crippen LogP contribution in [0.1, 0.15) is 33.5 Å². The molecule has 3 rings (SSSR count). The molecule has 2 aromatic rings. The van der Waals surface area contributed by atoms with Crippen molar-refractivity contribution in [1.29, 1.82) is 0 Å². The van der Waals surface area contributed by atoms with Gasteiger partial charge in [-0.1, -0.05) is 12.1 Å². The molecule has 8 heteroatoms. The molecule has 1 unspecified atom stereocenters. The van der Waals surface area contributed by atoms with Crippen molar-refractivity contribution >= 4 is 41.4 Å². The van der Waals surface area contributed by atoms with Crippen LogP contribution >= 0.6 is 35.5 Å². The highest BCUT2D eigenvalue weighted by Gasteiger charge is 2.25. The molecule has 0 bridgehead atoms. The Hall–Kier alpha value is -1.15. The van der Waals surface area contributed by atoms with E-state index in [9.17, 15) is 9.18 Å². The number of nitrogens with two attached hydrogens (primary N) is 1. The molecular weight excluding hydrogens is 345 g/mol. The minimum atomic E-state index is -0.238. The first-order valence-corrected chi connectivity index (χ1v) is 8.42. The number of carbonyl (C=O) groups excluding carboxylic acids is 1. The third kappa shape index (κ3) is 3.43. The van der Waals surface area contributed by atoms with Crippen molar-refractivity contribution in [3.05, 3.63) is 45.7 Å². The maximum Gasteiger partial charge on any atom is 0.271 e. The first-order valence-electron chi connectivity index (χ1n) is 6.55. The van der Waals surface area contributed by atoms with Gasteiger partial charge in [0.2, 0.25) is 0 Å². The Labute approximate surface area is 142 Å². The molecule has 1 atom stereocenters. The van der Waals surface area contributed by atoms with Gasteiger partial charge in [-0.15, -0.1) is 35.5 Å². The number of thiazole rings is 1. The monoisotopic (exact) mass is 359 g/mol. The fourth-order valence-electron chi connectivity index (χ4n) is 2.28. The first-order chi connectivity index (χ1) is 10.2.